The Morgan fingerprint density at radius 2 is 1.48 bits per heavy atom. The number of hydrogen-bond acceptors (Lipinski definition) is 4. The van der Waals surface area contributed by atoms with Gasteiger partial charge in [-0.05, 0) is 67.4 Å². The van der Waals surface area contributed by atoms with Crippen molar-refractivity contribution in [2.45, 2.75) is 37.9 Å². The molecule has 2 saturated heterocycles. The summed E-state index contributed by atoms with van der Waals surface area (Å²) in [6.45, 7) is 6.92. The van der Waals surface area contributed by atoms with E-state index in [4.69, 9.17) is 23.2 Å². The van der Waals surface area contributed by atoms with Crippen molar-refractivity contribution < 1.29 is 23.6 Å². The lowest BCUT2D eigenvalue weighted by Crippen LogP contribution is -2.42. The van der Waals surface area contributed by atoms with E-state index in [9.17, 15) is 24.2 Å². The molecule has 2 aromatic carbocycles. The Morgan fingerprint density at radius 3 is 1.91 bits per heavy atom. The van der Waals surface area contributed by atoms with Crippen LogP contribution in [0.2, 0.25) is 10.0 Å². The zero-order valence-electron chi connectivity index (χ0n) is 18.8. The van der Waals surface area contributed by atoms with E-state index in [1.54, 1.807) is 13.0 Å². The van der Waals surface area contributed by atoms with Gasteiger partial charge in [-0.25, -0.2) is 8.78 Å². The molecule has 33 heavy (non-hydrogen) atoms. The van der Waals surface area contributed by atoms with Gasteiger partial charge in [-0.2, -0.15) is 0 Å². The van der Waals surface area contributed by atoms with Crippen LogP contribution < -0.4 is 0 Å². The van der Waals surface area contributed by atoms with Gasteiger partial charge in [-0.1, -0.05) is 30.1 Å². The second kappa shape index (κ2) is 10.1. The maximum Gasteiger partial charge on any atom is 0.144 e. The molecule has 2 fully saturated rings. The summed E-state index contributed by atoms with van der Waals surface area (Å²) < 4.78 is 26.0. The average Bonchev–Trinajstić information content (AvgIpc) is 3.29. The SMILES string of the molecule is CCN1CCC(O)(c2cc(F)cc(Cl)c2)C1.CC[N+]1([O-])CCC(O)(c2cc(F)cc(Cl)c2)C1. The molecule has 3 unspecified atom stereocenters. The van der Waals surface area contributed by atoms with E-state index in [0.717, 1.165) is 13.1 Å². The number of hydroxylamine groups is 3. The van der Waals surface area contributed by atoms with Crippen molar-refractivity contribution >= 4 is 23.2 Å². The molecule has 0 spiro atoms. The van der Waals surface area contributed by atoms with Crippen LogP contribution in [0.25, 0.3) is 0 Å². The zero-order chi connectivity index (χ0) is 24.4. The number of hydrogen-bond donors (Lipinski definition) is 2. The van der Waals surface area contributed by atoms with Crippen LogP contribution in [-0.4, -0.2) is 59.0 Å². The molecule has 182 valence electrons. The van der Waals surface area contributed by atoms with E-state index in [1.165, 1.54) is 30.3 Å². The number of aliphatic hydroxyl groups is 2. The third-order valence-corrected chi connectivity index (χ3v) is 7.07. The van der Waals surface area contributed by atoms with Crippen LogP contribution in [-0.2, 0) is 11.2 Å². The van der Waals surface area contributed by atoms with E-state index in [0.29, 0.717) is 48.6 Å². The number of β-amino-alcohol motifs (C(OH)–C–C–N with tert-alkyl or cyclic N) is 1. The normalized spacial score (nSPS) is 29.7. The molecule has 2 aromatic rings. The smallest absolute Gasteiger partial charge is 0.144 e. The first-order chi connectivity index (χ1) is 15.4. The number of quaternary nitrogens is 1. The van der Waals surface area contributed by atoms with Crippen molar-refractivity contribution in [3.63, 3.8) is 0 Å². The fourth-order valence-corrected chi connectivity index (χ4v) is 4.99. The quantitative estimate of drug-likeness (QED) is 0.465. The van der Waals surface area contributed by atoms with Crippen molar-refractivity contribution in [1.29, 1.82) is 0 Å². The van der Waals surface area contributed by atoms with Crippen molar-refractivity contribution in [3.05, 3.63) is 74.4 Å². The highest BCUT2D eigenvalue weighted by Crippen LogP contribution is 2.37. The second-order valence-corrected chi connectivity index (χ2v) is 9.88. The van der Waals surface area contributed by atoms with Crippen LogP contribution in [0.5, 0.6) is 0 Å². The van der Waals surface area contributed by atoms with Crippen LogP contribution >= 0.6 is 23.2 Å². The Kier molecular flexibility index (Phi) is 8.06. The molecule has 3 atom stereocenters. The highest BCUT2D eigenvalue weighted by molar-refractivity contribution is 6.30. The molecule has 0 amide bonds. The molecule has 2 heterocycles. The number of benzene rings is 2. The molecule has 5 nitrogen and oxygen atoms in total. The Balaban J connectivity index is 0.000000186. The minimum Gasteiger partial charge on any atom is -0.633 e. The summed E-state index contributed by atoms with van der Waals surface area (Å²) in [5, 5.41) is 33.5. The lowest BCUT2D eigenvalue weighted by atomic mass is 9.93. The lowest BCUT2D eigenvalue weighted by molar-refractivity contribution is -0.869. The molecule has 4 rings (SSSR count). The predicted molar refractivity (Wildman–Crippen MR) is 126 cm³/mol. The minimum absolute atomic E-state index is 0.0588. The monoisotopic (exact) mass is 502 g/mol. The van der Waals surface area contributed by atoms with Crippen LogP contribution in [0, 0.1) is 16.8 Å². The maximum absolute atomic E-state index is 13.2. The first-order valence-corrected chi connectivity index (χ1v) is 11.8. The molecule has 0 aromatic heterocycles. The zero-order valence-corrected chi connectivity index (χ0v) is 20.3. The van der Waals surface area contributed by atoms with Gasteiger partial charge in [-0.3, -0.25) is 0 Å². The number of likely N-dealkylation sites (tertiary alicyclic amines) is 2. The summed E-state index contributed by atoms with van der Waals surface area (Å²) >= 11 is 11.6. The van der Waals surface area contributed by atoms with Crippen LogP contribution in [0.3, 0.4) is 0 Å². The lowest BCUT2D eigenvalue weighted by Gasteiger charge is -2.38. The Bertz CT molecular complexity index is 958. The van der Waals surface area contributed by atoms with Crippen LogP contribution in [0.4, 0.5) is 8.78 Å². The van der Waals surface area contributed by atoms with E-state index in [2.05, 4.69) is 4.90 Å². The fourth-order valence-electron chi connectivity index (χ4n) is 4.55. The molecule has 2 N–H and O–H groups in total. The summed E-state index contributed by atoms with van der Waals surface area (Å²) in [6.07, 6.45) is 0.963. The third-order valence-electron chi connectivity index (χ3n) is 6.63. The van der Waals surface area contributed by atoms with Crippen LogP contribution in [0.1, 0.15) is 37.8 Å². The molecule has 0 radical (unpaired) electrons. The number of likely N-dealkylation sites (N-methyl/N-ethyl adjacent to an activating group) is 2. The van der Waals surface area contributed by atoms with Gasteiger partial charge < -0.3 is 25.0 Å². The maximum atomic E-state index is 13.2. The molecular formula is C24H30Cl2F2N2O3. The fraction of sp³-hybridized carbons (Fsp3) is 0.500. The minimum atomic E-state index is -1.26. The highest BCUT2D eigenvalue weighted by atomic mass is 35.5. The first-order valence-electron chi connectivity index (χ1n) is 11.1. The summed E-state index contributed by atoms with van der Waals surface area (Å²) in [6, 6.07) is 8.21. The molecule has 2 aliphatic rings. The van der Waals surface area contributed by atoms with Crippen molar-refractivity contribution in [3.8, 4) is 0 Å². The summed E-state index contributed by atoms with van der Waals surface area (Å²) in [4.78, 5) is 2.14. The Labute approximate surface area is 203 Å². The summed E-state index contributed by atoms with van der Waals surface area (Å²) in [5.74, 6) is -0.890. The van der Waals surface area contributed by atoms with Gasteiger partial charge in [0.2, 0.25) is 0 Å². The number of halogens is 4. The molecule has 0 bridgehead atoms. The van der Waals surface area contributed by atoms with Gasteiger partial charge in [-0.15, -0.1) is 0 Å². The first kappa shape index (κ1) is 26.3. The third kappa shape index (κ3) is 6.22. The molecule has 2 aliphatic heterocycles. The van der Waals surface area contributed by atoms with Crippen molar-refractivity contribution in [2.24, 2.45) is 0 Å². The number of rotatable bonds is 4. The van der Waals surface area contributed by atoms with E-state index < -0.39 is 27.5 Å². The topological polar surface area (TPSA) is 66.8 Å². The Hall–Kier alpha value is -1.32. The van der Waals surface area contributed by atoms with Gasteiger partial charge in [0.1, 0.15) is 29.4 Å². The molecule has 9 heteroatoms. The molecule has 0 aliphatic carbocycles. The van der Waals surface area contributed by atoms with Gasteiger partial charge >= 0.3 is 0 Å². The molecule has 0 saturated carbocycles. The van der Waals surface area contributed by atoms with Gasteiger partial charge in [0.05, 0.1) is 13.1 Å². The number of nitrogens with zero attached hydrogens (tertiary/aromatic N) is 2. The van der Waals surface area contributed by atoms with Crippen LogP contribution in [0.15, 0.2) is 36.4 Å². The largest absolute Gasteiger partial charge is 0.633 e. The van der Waals surface area contributed by atoms with Crippen molar-refractivity contribution in [1.82, 2.24) is 4.90 Å². The second-order valence-electron chi connectivity index (χ2n) is 9.00. The van der Waals surface area contributed by atoms with Gasteiger partial charge in [0.25, 0.3) is 0 Å². The summed E-state index contributed by atoms with van der Waals surface area (Å²) in [5.41, 5.74) is -1.24. The highest BCUT2D eigenvalue weighted by Gasteiger charge is 2.44. The molecular weight excluding hydrogens is 473 g/mol. The Morgan fingerprint density at radius 1 is 0.939 bits per heavy atom. The summed E-state index contributed by atoms with van der Waals surface area (Å²) in [7, 11) is 0. The standard InChI is InChI=1S/C12H15ClFNO2.C12H15ClFNO/c1-2-15(17)4-3-12(16,8-15)9-5-10(13)7-11(14)6-9;1-2-15-4-3-12(16,8-15)9-5-10(13)7-11(14)6-9/h5-7,16H,2-4,8H2,1H3;5-7,16H,2-4,8H2,1H3. The van der Waals surface area contributed by atoms with E-state index >= 15 is 0 Å². The van der Waals surface area contributed by atoms with Crippen molar-refractivity contribution in [2.75, 3.05) is 39.3 Å². The van der Waals surface area contributed by atoms with E-state index in [-0.39, 0.29) is 11.6 Å². The average molecular weight is 503 g/mol. The van der Waals surface area contributed by atoms with Gasteiger partial charge in [0, 0.05) is 29.6 Å². The van der Waals surface area contributed by atoms with Gasteiger partial charge in [0.15, 0.2) is 0 Å². The predicted octanol–water partition coefficient (Wildman–Crippen LogP) is 4.80. The van der Waals surface area contributed by atoms with E-state index in [1.807, 2.05) is 6.92 Å².